The van der Waals surface area contributed by atoms with E-state index in [4.69, 9.17) is 9.47 Å². The fourth-order valence-corrected chi connectivity index (χ4v) is 6.31. The third kappa shape index (κ3) is 16.4. The largest absolute Gasteiger partial charge is 0.343 e. The molecule has 0 aromatic rings. The summed E-state index contributed by atoms with van der Waals surface area (Å²) in [5, 5.41) is 0. The Morgan fingerprint density at radius 2 is 0.846 bits per heavy atom. The molecule has 2 rings (SSSR count). The van der Waals surface area contributed by atoms with Crippen molar-refractivity contribution in [3.05, 3.63) is 24.3 Å². The molecule has 2 atom stereocenters. The monoisotopic (exact) mass is 546 g/mol. The van der Waals surface area contributed by atoms with E-state index in [0.717, 1.165) is 25.9 Å². The number of unbranched alkanes of at least 4 members (excludes halogenated alkanes) is 18. The molecule has 0 amide bonds. The topological polar surface area (TPSA) is 21.7 Å². The van der Waals surface area contributed by atoms with Crippen molar-refractivity contribution < 1.29 is 9.47 Å². The van der Waals surface area contributed by atoms with Gasteiger partial charge in [0.05, 0.1) is 0 Å². The summed E-state index contributed by atoms with van der Waals surface area (Å²) in [6, 6.07) is 0. The summed E-state index contributed by atoms with van der Waals surface area (Å²) in [6.07, 6.45) is 41.7. The zero-order valence-corrected chi connectivity index (χ0v) is 26.6. The Kier molecular flexibility index (Phi) is 20.4. The first kappa shape index (κ1) is 34.6. The molecule has 0 radical (unpaired) electrons. The van der Waals surface area contributed by atoms with Crippen LogP contribution >= 0.6 is 0 Å². The second kappa shape index (κ2) is 23.0. The molecule has 0 aliphatic carbocycles. The predicted molar refractivity (Wildman–Crippen MR) is 170 cm³/mol. The summed E-state index contributed by atoms with van der Waals surface area (Å²) < 4.78 is 13.4. The third-order valence-electron chi connectivity index (χ3n) is 8.77. The van der Waals surface area contributed by atoms with Crippen molar-refractivity contribution in [1.29, 1.82) is 0 Å². The number of ether oxygens (including phenoxy) is 2. The zero-order valence-electron chi connectivity index (χ0n) is 26.6. The van der Waals surface area contributed by atoms with Gasteiger partial charge in [-0.3, -0.25) is 0 Å². The van der Waals surface area contributed by atoms with Crippen LogP contribution in [0.2, 0.25) is 0 Å². The lowest BCUT2D eigenvalue weighted by Crippen LogP contribution is -2.34. The molecule has 228 valence electrons. The normalized spacial score (nSPS) is 21.1. The minimum atomic E-state index is -0.290. The molecule has 0 spiro atoms. The van der Waals surface area contributed by atoms with Gasteiger partial charge in [-0.05, 0) is 71.3 Å². The summed E-state index contributed by atoms with van der Waals surface area (Å²) >= 11 is 0. The van der Waals surface area contributed by atoms with Gasteiger partial charge in [0, 0.05) is 25.9 Å². The quantitative estimate of drug-likeness (QED) is 0.0797. The maximum atomic E-state index is 6.68. The molecule has 39 heavy (non-hydrogen) atoms. The number of hydrogen-bond donors (Lipinski definition) is 0. The van der Waals surface area contributed by atoms with Crippen molar-refractivity contribution in [3.8, 4) is 0 Å². The van der Waals surface area contributed by atoms with Crippen LogP contribution < -0.4 is 0 Å². The average Bonchev–Trinajstić information content (AvgIpc) is 3.43. The van der Waals surface area contributed by atoms with Gasteiger partial charge in [0.2, 0.25) is 0 Å². The smallest absolute Gasteiger partial charge is 0.169 e. The van der Waals surface area contributed by atoms with Gasteiger partial charge in [-0.2, -0.15) is 0 Å². The summed E-state index contributed by atoms with van der Waals surface area (Å²) in [6.45, 7) is 6.62. The van der Waals surface area contributed by atoms with E-state index in [1.165, 1.54) is 141 Å². The van der Waals surface area contributed by atoms with Crippen molar-refractivity contribution in [1.82, 2.24) is 4.90 Å². The van der Waals surface area contributed by atoms with Crippen molar-refractivity contribution >= 4 is 0 Å². The molecular formula is C36H67NO2. The van der Waals surface area contributed by atoms with E-state index in [-0.39, 0.29) is 5.79 Å². The number of likely N-dealkylation sites (N-methyl/N-ethyl adjacent to an activating group) is 1. The van der Waals surface area contributed by atoms with Crippen LogP contribution in [0.15, 0.2) is 24.3 Å². The molecule has 2 aliphatic heterocycles. The van der Waals surface area contributed by atoms with Gasteiger partial charge in [-0.1, -0.05) is 115 Å². The van der Waals surface area contributed by atoms with E-state index in [1.807, 2.05) is 0 Å². The van der Waals surface area contributed by atoms with Gasteiger partial charge in [-0.25, -0.2) is 0 Å². The zero-order chi connectivity index (χ0) is 27.9. The van der Waals surface area contributed by atoms with Crippen LogP contribution in [0.3, 0.4) is 0 Å². The molecule has 2 unspecified atom stereocenters. The SMILES string of the molecule is CCCCC/C=C\CCCCCCCCC1(CCCCCCCC/C=C\CCCCC)OC2CN(C)CC2O1. The van der Waals surface area contributed by atoms with E-state index in [1.54, 1.807) is 0 Å². The van der Waals surface area contributed by atoms with Crippen LogP contribution in [0.1, 0.15) is 168 Å². The lowest BCUT2D eigenvalue weighted by atomic mass is 9.98. The van der Waals surface area contributed by atoms with Crippen molar-refractivity contribution in [2.24, 2.45) is 0 Å². The average molecular weight is 546 g/mol. The predicted octanol–water partition coefficient (Wildman–Crippen LogP) is 10.9. The molecule has 2 saturated heterocycles. The van der Waals surface area contributed by atoms with Gasteiger partial charge >= 0.3 is 0 Å². The maximum absolute atomic E-state index is 6.68. The number of nitrogens with zero attached hydrogens (tertiary/aromatic N) is 1. The first-order chi connectivity index (χ1) is 19.2. The van der Waals surface area contributed by atoms with Crippen LogP contribution in [0, 0.1) is 0 Å². The van der Waals surface area contributed by atoms with Gasteiger partial charge in [0.1, 0.15) is 12.2 Å². The molecule has 0 bridgehead atoms. The Balaban J connectivity index is 1.53. The molecule has 3 nitrogen and oxygen atoms in total. The van der Waals surface area contributed by atoms with Crippen LogP contribution in [-0.4, -0.2) is 43.0 Å². The molecule has 0 aromatic heterocycles. The molecule has 2 aliphatic rings. The minimum Gasteiger partial charge on any atom is -0.343 e. The highest BCUT2D eigenvalue weighted by Gasteiger charge is 2.49. The number of rotatable bonds is 26. The molecule has 0 saturated carbocycles. The lowest BCUT2D eigenvalue weighted by molar-refractivity contribution is -0.193. The Morgan fingerprint density at radius 1 is 0.513 bits per heavy atom. The van der Waals surface area contributed by atoms with Crippen molar-refractivity contribution in [3.63, 3.8) is 0 Å². The van der Waals surface area contributed by atoms with Gasteiger partial charge < -0.3 is 14.4 Å². The Hall–Kier alpha value is -0.640. The minimum absolute atomic E-state index is 0.290. The van der Waals surface area contributed by atoms with E-state index in [0.29, 0.717) is 12.2 Å². The second-order valence-electron chi connectivity index (χ2n) is 12.7. The standard InChI is InChI=1S/C36H67NO2/c1-4-6-8-10-12-14-16-18-20-22-24-26-28-30-36(38-34-32-37(3)33-35(34)39-36)31-29-27-25-23-21-19-17-15-13-11-9-7-5-2/h12-15,34-35H,4-11,16-33H2,1-3H3/b14-12-,15-13-. The van der Waals surface area contributed by atoms with Crippen molar-refractivity contribution in [2.75, 3.05) is 20.1 Å². The number of allylic oxidation sites excluding steroid dienone is 4. The fourth-order valence-electron chi connectivity index (χ4n) is 6.31. The van der Waals surface area contributed by atoms with E-state index in [2.05, 4.69) is 50.1 Å². The van der Waals surface area contributed by atoms with Crippen LogP contribution in [0.25, 0.3) is 0 Å². The molecule has 3 heteroatoms. The Labute approximate surface area is 244 Å². The highest BCUT2D eigenvalue weighted by molar-refractivity contribution is 4.93. The summed E-state index contributed by atoms with van der Waals surface area (Å²) in [5.74, 6) is -0.290. The lowest BCUT2D eigenvalue weighted by Gasteiger charge is -2.30. The first-order valence-electron chi connectivity index (χ1n) is 17.5. The highest BCUT2D eigenvalue weighted by atomic mass is 16.8. The third-order valence-corrected chi connectivity index (χ3v) is 8.77. The maximum Gasteiger partial charge on any atom is 0.169 e. The summed E-state index contributed by atoms with van der Waals surface area (Å²) in [4.78, 5) is 2.36. The number of fused-ring (bicyclic) bond motifs is 1. The fraction of sp³-hybridized carbons (Fsp3) is 0.889. The van der Waals surface area contributed by atoms with Crippen LogP contribution in [0.4, 0.5) is 0 Å². The van der Waals surface area contributed by atoms with Gasteiger partial charge in [0.25, 0.3) is 0 Å². The molecule has 2 heterocycles. The number of hydrogen-bond acceptors (Lipinski definition) is 3. The summed E-state index contributed by atoms with van der Waals surface area (Å²) in [7, 11) is 2.19. The van der Waals surface area contributed by atoms with Crippen LogP contribution in [0.5, 0.6) is 0 Å². The molecule has 0 N–H and O–H groups in total. The number of likely N-dealkylation sites (tertiary alicyclic amines) is 1. The molecular weight excluding hydrogens is 478 g/mol. The van der Waals surface area contributed by atoms with Gasteiger partial charge in [-0.15, -0.1) is 0 Å². The molecule has 0 aromatic carbocycles. The second-order valence-corrected chi connectivity index (χ2v) is 12.7. The van der Waals surface area contributed by atoms with E-state index < -0.39 is 0 Å². The van der Waals surface area contributed by atoms with Crippen molar-refractivity contribution in [2.45, 2.75) is 186 Å². The molecule has 2 fully saturated rings. The highest BCUT2D eigenvalue weighted by Crippen LogP contribution is 2.40. The Morgan fingerprint density at radius 3 is 1.23 bits per heavy atom. The first-order valence-corrected chi connectivity index (χ1v) is 17.5. The van der Waals surface area contributed by atoms with E-state index >= 15 is 0 Å². The Bertz CT molecular complexity index is 563. The van der Waals surface area contributed by atoms with Gasteiger partial charge in [0.15, 0.2) is 5.79 Å². The van der Waals surface area contributed by atoms with E-state index in [9.17, 15) is 0 Å². The van der Waals surface area contributed by atoms with Crippen LogP contribution in [-0.2, 0) is 9.47 Å². The summed E-state index contributed by atoms with van der Waals surface area (Å²) in [5.41, 5.74) is 0.